The van der Waals surface area contributed by atoms with Crippen LogP contribution in [-0.2, 0) is 0 Å². The summed E-state index contributed by atoms with van der Waals surface area (Å²) in [4.78, 5) is 16.7. The topological polar surface area (TPSA) is 80.0 Å². The summed E-state index contributed by atoms with van der Waals surface area (Å²) in [5, 5.41) is 6.16. The Labute approximate surface area is 137 Å². The molecule has 1 amide bonds. The van der Waals surface area contributed by atoms with Crippen molar-refractivity contribution in [1.29, 1.82) is 0 Å². The predicted octanol–water partition coefficient (Wildman–Crippen LogP) is 3.18. The number of rotatable bonds is 8. The smallest absolute Gasteiger partial charge is 0.258 e. The highest BCUT2D eigenvalue weighted by Crippen LogP contribution is 2.17. The Morgan fingerprint density at radius 2 is 1.96 bits per heavy atom. The Bertz CT molecular complexity index is 625. The number of unbranched alkanes of at least 4 members (excludes halogenated alkanes) is 2. The van der Waals surface area contributed by atoms with Gasteiger partial charge in [-0.2, -0.15) is 0 Å². The van der Waals surface area contributed by atoms with E-state index in [1.54, 1.807) is 12.3 Å². The fourth-order valence-electron chi connectivity index (χ4n) is 2.23. The number of aromatic nitrogens is 1. The SMILES string of the molecule is Cc1ccc(NC(=O)c2ccccc2NCCCCCN)nc1. The van der Waals surface area contributed by atoms with Crippen LogP contribution in [0.1, 0.15) is 35.2 Å². The number of hydrogen-bond acceptors (Lipinski definition) is 4. The van der Waals surface area contributed by atoms with Crippen LogP contribution >= 0.6 is 0 Å². The lowest BCUT2D eigenvalue weighted by atomic mass is 10.1. The molecule has 0 fully saturated rings. The number of amides is 1. The molecule has 1 heterocycles. The molecular weight excluding hydrogens is 288 g/mol. The van der Waals surface area contributed by atoms with E-state index in [2.05, 4.69) is 15.6 Å². The van der Waals surface area contributed by atoms with Gasteiger partial charge in [0.05, 0.1) is 5.56 Å². The standard InChI is InChI=1S/C18H24N4O/c1-14-9-10-17(21-13-14)22-18(23)15-7-3-4-8-16(15)20-12-6-2-5-11-19/h3-4,7-10,13,20H,2,5-6,11-12,19H2,1H3,(H,21,22,23). The monoisotopic (exact) mass is 312 g/mol. The number of hydrogen-bond donors (Lipinski definition) is 3. The number of benzene rings is 1. The molecule has 2 rings (SSSR count). The Balaban J connectivity index is 1.98. The number of anilines is 2. The van der Waals surface area contributed by atoms with E-state index in [-0.39, 0.29) is 5.91 Å². The van der Waals surface area contributed by atoms with Gasteiger partial charge in [-0.25, -0.2) is 4.98 Å². The lowest BCUT2D eigenvalue weighted by molar-refractivity contribution is 0.102. The molecule has 0 bridgehead atoms. The third-order valence-electron chi connectivity index (χ3n) is 3.52. The first-order valence-corrected chi connectivity index (χ1v) is 7.97. The zero-order chi connectivity index (χ0) is 16.5. The van der Waals surface area contributed by atoms with Crippen LogP contribution in [-0.4, -0.2) is 24.0 Å². The van der Waals surface area contributed by atoms with Gasteiger partial charge in [-0.15, -0.1) is 0 Å². The number of pyridine rings is 1. The maximum Gasteiger partial charge on any atom is 0.258 e. The Kier molecular flexibility index (Phi) is 6.56. The Morgan fingerprint density at radius 1 is 1.13 bits per heavy atom. The first-order valence-electron chi connectivity index (χ1n) is 7.97. The summed E-state index contributed by atoms with van der Waals surface area (Å²) in [5.41, 5.74) is 8.00. The molecule has 1 aromatic heterocycles. The molecule has 0 spiro atoms. The first-order chi connectivity index (χ1) is 11.2. The van der Waals surface area contributed by atoms with E-state index < -0.39 is 0 Å². The van der Waals surface area contributed by atoms with Crippen molar-refractivity contribution in [2.45, 2.75) is 26.2 Å². The minimum atomic E-state index is -0.161. The fraction of sp³-hybridized carbons (Fsp3) is 0.333. The van der Waals surface area contributed by atoms with Crippen molar-refractivity contribution in [2.24, 2.45) is 5.73 Å². The van der Waals surface area contributed by atoms with Gasteiger partial charge in [-0.3, -0.25) is 4.79 Å². The normalized spacial score (nSPS) is 10.3. The van der Waals surface area contributed by atoms with E-state index in [4.69, 9.17) is 5.73 Å². The van der Waals surface area contributed by atoms with E-state index >= 15 is 0 Å². The summed E-state index contributed by atoms with van der Waals surface area (Å²) in [6.45, 7) is 3.51. The lowest BCUT2D eigenvalue weighted by Crippen LogP contribution is -2.16. The summed E-state index contributed by atoms with van der Waals surface area (Å²) in [5.74, 6) is 0.393. The van der Waals surface area contributed by atoms with Crippen LogP contribution in [0.5, 0.6) is 0 Å². The van der Waals surface area contributed by atoms with Crippen molar-refractivity contribution in [3.05, 3.63) is 53.7 Å². The van der Waals surface area contributed by atoms with E-state index in [9.17, 15) is 4.79 Å². The molecule has 4 N–H and O–H groups in total. The molecule has 5 heteroatoms. The number of carbonyl (C=O) groups is 1. The number of para-hydroxylation sites is 1. The van der Waals surface area contributed by atoms with Crippen LogP contribution in [0.15, 0.2) is 42.6 Å². The molecule has 0 aliphatic rings. The number of nitrogens with zero attached hydrogens (tertiary/aromatic N) is 1. The third-order valence-corrected chi connectivity index (χ3v) is 3.52. The van der Waals surface area contributed by atoms with Gasteiger partial charge in [-0.05, 0) is 50.1 Å². The van der Waals surface area contributed by atoms with Crippen molar-refractivity contribution in [3.8, 4) is 0 Å². The number of nitrogens with two attached hydrogens (primary N) is 1. The van der Waals surface area contributed by atoms with E-state index in [0.29, 0.717) is 11.4 Å². The van der Waals surface area contributed by atoms with Crippen molar-refractivity contribution in [1.82, 2.24) is 4.98 Å². The maximum atomic E-state index is 12.4. The van der Waals surface area contributed by atoms with Crippen molar-refractivity contribution >= 4 is 17.4 Å². The first kappa shape index (κ1) is 17.0. The second-order valence-corrected chi connectivity index (χ2v) is 5.50. The lowest BCUT2D eigenvalue weighted by Gasteiger charge is -2.12. The average Bonchev–Trinajstić information content (AvgIpc) is 2.57. The zero-order valence-electron chi connectivity index (χ0n) is 13.5. The van der Waals surface area contributed by atoms with Crippen LogP contribution in [0.2, 0.25) is 0 Å². The molecule has 0 unspecified atom stereocenters. The van der Waals surface area contributed by atoms with Crippen LogP contribution < -0.4 is 16.4 Å². The zero-order valence-corrected chi connectivity index (χ0v) is 13.5. The number of carbonyl (C=O) groups excluding carboxylic acids is 1. The minimum Gasteiger partial charge on any atom is -0.384 e. The molecule has 0 saturated carbocycles. The molecule has 0 saturated heterocycles. The van der Waals surface area contributed by atoms with Gasteiger partial charge < -0.3 is 16.4 Å². The molecular formula is C18H24N4O. The summed E-state index contributed by atoms with van der Waals surface area (Å²) in [6, 6.07) is 11.2. The van der Waals surface area contributed by atoms with Crippen LogP contribution in [0, 0.1) is 6.92 Å². The highest BCUT2D eigenvalue weighted by atomic mass is 16.1. The van der Waals surface area contributed by atoms with E-state index in [1.807, 2.05) is 37.3 Å². The fourth-order valence-corrected chi connectivity index (χ4v) is 2.23. The summed E-state index contributed by atoms with van der Waals surface area (Å²) in [7, 11) is 0. The highest BCUT2D eigenvalue weighted by molar-refractivity contribution is 6.07. The number of aryl methyl sites for hydroxylation is 1. The molecule has 0 aliphatic heterocycles. The van der Waals surface area contributed by atoms with E-state index in [1.165, 1.54) is 0 Å². The van der Waals surface area contributed by atoms with Crippen molar-refractivity contribution < 1.29 is 4.79 Å². The van der Waals surface area contributed by atoms with E-state index in [0.717, 1.165) is 43.6 Å². The molecule has 23 heavy (non-hydrogen) atoms. The second kappa shape index (κ2) is 8.90. The molecule has 0 aliphatic carbocycles. The van der Waals surface area contributed by atoms with Gasteiger partial charge in [0, 0.05) is 18.4 Å². The largest absolute Gasteiger partial charge is 0.384 e. The van der Waals surface area contributed by atoms with Gasteiger partial charge in [0.1, 0.15) is 5.82 Å². The predicted molar refractivity (Wildman–Crippen MR) is 94.8 cm³/mol. The third kappa shape index (κ3) is 5.38. The molecule has 5 nitrogen and oxygen atoms in total. The molecule has 2 aromatic rings. The summed E-state index contributed by atoms with van der Waals surface area (Å²) in [6.07, 6.45) is 4.89. The van der Waals surface area contributed by atoms with Crippen LogP contribution in [0.3, 0.4) is 0 Å². The number of nitrogens with one attached hydrogen (secondary N) is 2. The Hall–Kier alpha value is -2.40. The van der Waals surface area contributed by atoms with Gasteiger partial charge in [0.2, 0.25) is 0 Å². The second-order valence-electron chi connectivity index (χ2n) is 5.50. The summed E-state index contributed by atoms with van der Waals surface area (Å²) < 4.78 is 0. The summed E-state index contributed by atoms with van der Waals surface area (Å²) >= 11 is 0. The van der Waals surface area contributed by atoms with Crippen molar-refractivity contribution in [3.63, 3.8) is 0 Å². The molecule has 1 aromatic carbocycles. The van der Waals surface area contributed by atoms with Crippen LogP contribution in [0.4, 0.5) is 11.5 Å². The molecule has 0 atom stereocenters. The van der Waals surface area contributed by atoms with Gasteiger partial charge in [0.15, 0.2) is 0 Å². The van der Waals surface area contributed by atoms with Gasteiger partial charge in [0.25, 0.3) is 5.91 Å². The van der Waals surface area contributed by atoms with Gasteiger partial charge >= 0.3 is 0 Å². The van der Waals surface area contributed by atoms with Crippen molar-refractivity contribution in [2.75, 3.05) is 23.7 Å². The highest BCUT2D eigenvalue weighted by Gasteiger charge is 2.11. The Morgan fingerprint density at radius 3 is 2.70 bits per heavy atom. The quantitative estimate of drug-likeness (QED) is 0.654. The van der Waals surface area contributed by atoms with Gasteiger partial charge in [-0.1, -0.05) is 24.6 Å². The maximum absolute atomic E-state index is 12.4. The molecule has 122 valence electrons. The molecule has 0 radical (unpaired) electrons. The van der Waals surface area contributed by atoms with Crippen LogP contribution in [0.25, 0.3) is 0 Å². The average molecular weight is 312 g/mol. The minimum absolute atomic E-state index is 0.161.